The van der Waals surface area contributed by atoms with E-state index in [2.05, 4.69) is 30.5 Å². The number of nitrogens with one attached hydrogen (secondary N) is 1. The summed E-state index contributed by atoms with van der Waals surface area (Å²) in [5, 5.41) is 12.1. The Morgan fingerprint density at radius 1 is 0.768 bits per heavy atom. The lowest BCUT2D eigenvalue weighted by Gasteiger charge is -2.27. The standard InChI is InChI=1S/C38H34F3N9O5S/c1-53-26-10-4-23(5-11-26)20-49(21-24-6-12-27(54-2)13-7-24)56(51,52)35-31(38(39,40)41)17-16-29(30-18-43-19-32-34(30)45-37(42)44-32)33(35)36-46-47-48-50(36)22-25-8-14-28(55-3)15-9-25/h4-19H,20-22H2,1-3H3,(H3,42,44,45). The highest BCUT2D eigenvalue weighted by Gasteiger charge is 2.43. The zero-order chi connectivity index (χ0) is 39.6. The van der Waals surface area contributed by atoms with Crippen molar-refractivity contribution in [3.05, 3.63) is 120 Å². The van der Waals surface area contributed by atoms with Crippen LogP contribution >= 0.6 is 0 Å². The zero-order valence-corrected chi connectivity index (χ0v) is 31.0. The Balaban J connectivity index is 1.51. The molecule has 4 aromatic carbocycles. The van der Waals surface area contributed by atoms with Gasteiger partial charge < -0.3 is 24.9 Å². The predicted molar refractivity (Wildman–Crippen MR) is 200 cm³/mol. The van der Waals surface area contributed by atoms with Gasteiger partial charge in [0.25, 0.3) is 0 Å². The second-order valence-corrected chi connectivity index (χ2v) is 14.4. The monoisotopic (exact) mass is 785 g/mol. The topological polar surface area (TPSA) is 176 Å². The van der Waals surface area contributed by atoms with E-state index in [1.54, 1.807) is 72.8 Å². The maximum atomic E-state index is 15.4. The van der Waals surface area contributed by atoms with Crippen molar-refractivity contribution in [1.29, 1.82) is 0 Å². The molecular formula is C38H34F3N9O5S. The van der Waals surface area contributed by atoms with Gasteiger partial charge in [0.05, 0.1) is 45.2 Å². The van der Waals surface area contributed by atoms with Gasteiger partial charge in [0.15, 0.2) is 11.8 Å². The number of ether oxygens (including phenoxy) is 3. The molecule has 0 bridgehead atoms. The van der Waals surface area contributed by atoms with Gasteiger partial charge in [-0.05, 0) is 75.1 Å². The summed E-state index contributed by atoms with van der Waals surface area (Å²) in [6, 6.07) is 21.9. The van der Waals surface area contributed by atoms with Crippen LogP contribution in [0.4, 0.5) is 19.1 Å². The number of sulfonamides is 1. The maximum absolute atomic E-state index is 15.4. The number of nitrogens with two attached hydrogens (primary N) is 1. The molecule has 7 aromatic rings. The molecule has 3 aromatic heterocycles. The van der Waals surface area contributed by atoms with Crippen molar-refractivity contribution in [2.45, 2.75) is 30.7 Å². The van der Waals surface area contributed by atoms with Crippen molar-refractivity contribution in [2.75, 3.05) is 27.1 Å². The molecule has 0 aliphatic carbocycles. The van der Waals surface area contributed by atoms with Crippen molar-refractivity contribution in [2.24, 2.45) is 0 Å². The molecule has 14 nitrogen and oxygen atoms in total. The van der Waals surface area contributed by atoms with Crippen LogP contribution in [0, 0.1) is 0 Å². The number of fused-ring (bicyclic) bond motifs is 1. The quantitative estimate of drug-likeness (QED) is 0.133. The summed E-state index contributed by atoms with van der Waals surface area (Å²) in [6.07, 6.45) is -2.35. The number of nitrogens with zero attached hydrogens (tertiary/aromatic N) is 7. The van der Waals surface area contributed by atoms with Gasteiger partial charge in [0.1, 0.15) is 27.7 Å². The summed E-state index contributed by atoms with van der Waals surface area (Å²) in [7, 11) is -0.638. The minimum absolute atomic E-state index is 0.0186. The fourth-order valence-electron chi connectivity index (χ4n) is 6.29. The number of anilines is 1. The number of benzene rings is 4. The second kappa shape index (κ2) is 15.3. The average molecular weight is 786 g/mol. The molecule has 0 aliphatic rings. The average Bonchev–Trinajstić information content (AvgIpc) is 3.82. The number of hydrogen-bond donors (Lipinski definition) is 2. The van der Waals surface area contributed by atoms with Crippen LogP contribution in [0.3, 0.4) is 0 Å². The molecule has 0 saturated carbocycles. The second-order valence-electron chi connectivity index (χ2n) is 12.5. The Labute approximate surface area is 318 Å². The molecule has 0 unspecified atom stereocenters. The number of methoxy groups -OCH3 is 3. The van der Waals surface area contributed by atoms with E-state index in [1.165, 1.54) is 44.5 Å². The molecule has 7 rings (SSSR count). The van der Waals surface area contributed by atoms with Crippen LogP contribution in [0.15, 0.2) is 102 Å². The molecule has 0 saturated heterocycles. The summed E-state index contributed by atoms with van der Waals surface area (Å²) in [5.41, 5.74) is 6.64. The van der Waals surface area contributed by atoms with Crippen molar-refractivity contribution < 1.29 is 35.8 Å². The fraction of sp³-hybridized carbons (Fsp3) is 0.184. The Morgan fingerprint density at radius 2 is 1.32 bits per heavy atom. The van der Waals surface area contributed by atoms with Crippen LogP contribution in [0.5, 0.6) is 17.2 Å². The number of tetrazole rings is 1. The number of aromatic nitrogens is 7. The smallest absolute Gasteiger partial charge is 0.417 e. The van der Waals surface area contributed by atoms with Gasteiger partial charge in [-0.15, -0.1) is 5.10 Å². The Kier molecular flexibility index (Phi) is 10.3. The maximum Gasteiger partial charge on any atom is 0.417 e. The number of nitrogen functional groups attached to an aromatic ring is 1. The van der Waals surface area contributed by atoms with Crippen molar-refractivity contribution >= 4 is 27.0 Å². The first kappa shape index (κ1) is 37.8. The highest BCUT2D eigenvalue weighted by Crippen LogP contribution is 2.46. The minimum atomic E-state index is -5.15. The number of H-pyrrole nitrogens is 1. The van der Waals surface area contributed by atoms with E-state index >= 15 is 21.6 Å². The van der Waals surface area contributed by atoms with Crippen LogP contribution in [0.2, 0.25) is 0 Å². The summed E-state index contributed by atoms with van der Waals surface area (Å²) in [4.78, 5) is 10.4. The van der Waals surface area contributed by atoms with Crippen LogP contribution in [-0.2, 0) is 35.8 Å². The van der Waals surface area contributed by atoms with Gasteiger partial charge in [-0.25, -0.2) is 18.1 Å². The minimum Gasteiger partial charge on any atom is -0.497 e. The van der Waals surface area contributed by atoms with Gasteiger partial charge in [-0.2, -0.15) is 17.5 Å². The Hall–Kier alpha value is -6.53. The van der Waals surface area contributed by atoms with E-state index in [4.69, 9.17) is 19.9 Å². The third-order valence-electron chi connectivity index (χ3n) is 9.05. The molecule has 3 heterocycles. The lowest BCUT2D eigenvalue weighted by atomic mass is 9.96. The van der Waals surface area contributed by atoms with Gasteiger partial charge in [0, 0.05) is 30.4 Å². The zero-order valence-electron chi connectivity index (χ0n) is 30.2. The number of hydrogen-bond acceptors (Lipinski definition) is 11. The van der Waals surface area contributed by atoms with Crippen molar-refractivity contribution in [3.63, 3.8) is 0 Å². The van der Waals surface area contributed by atoms with Crippen molar-refractivity contribution in [3.8, 4) is 39.8 Å². The molecule has 0 amide bonds. The van der Waals surface area contributed by atoms with E-state index in [9.17, 15) is 0 Å². The molecule has 3 N–H and O–H groups in total. The molecule has 18 heteroatoms. The van der Waals surface area contributed by atoms with E-state index in [1.807, 2.05) is 0 Å². The molecule has 56 heavy (non-hydrogen) atoms. The first-order valence-corrected chi connectivity index (χ1v) is 18.3. The number of halogens is 3. The molecule has 0 atom stereocenters. The number of alkyl halides is 3. The van der Waals surface area contributed by atoms with Gasteiger partial charge in [0.2, 0.25) is 10.0 Å². The van der Waals surface area contributed by atoms with Gasteiger partial charge in [-0.3, -0.25) is 4.98 Å². The van der Waals surface area contributed by atoms with E-state index in [0.717, 1.165) is 10.4 Å². The number of rotatable bonds is 13. The number of imidazole rings is 1. The number of pyridine rings is 1. The van der Waals surface area contributed by atoms with Crippen LogP contribution in [0.25, 0.3) is 33.5 Å². The Bertz CT molecular complexity index is 2550. The lowest BCUT2D eigenvalue weighted by Crippen LogP contribution is -2.32. The molecular weight excluding hydrogens is 752 g/mol. The molecule has 0 aliphatic heterocycles. The highest BCUT2D eigenvalue weighted by molar-refractivity contribution is 7.89. The third-order valence-corrected chi connectivity index (χ3v) is 10.9. The largest absolute Gasteiger partial charge is 0.497 e. The van der Waals surface area contributed by atoms with Gasteiger partial charge >= 0.3 is 6.18 Å². The van der Waals surface area contributed by atoms with Crippen LogP contribution in [0.1, 0.15) is 22.3 Å². The van der Waals surface area contributed by atoms with E-state index in [0.29, 0.717) is 45.0 Å². The van der Waals surface area contributed by atoms with Crippen molar-refractivity contribution in [1.82, 2.24) is 39.5 Å². The summed E-state index contributed by atoms with van der Waals surface area (Å²) >= 11 is 0. The highest BCUT2D eigenvalue weighted by atomic mass is 32.2. The van der Waals surface area contributed by atoms with Crippen LogP contribution in [-0.4, -0.2) is 69.2 Å². The summed E-state index contributed by atoms with van der Waals surface area (Å²) in [5.74, 6) is 1.37. The summed E-state index contributed by atoms with van der Waals surface area (Å²) < 4.78 is 94.9. The normalized spacial score (nSPS) is 12.0. The molecule has 0 fully saturated rings. The SMILES string of the molecule is COc1ccc(CN(Cc2ccc(OC)cc2)S(=O)(=O)c2c(C(F)(F)F)ccc(-c3cncc4nc(N)[nH]c34)c2-c2nnnn2Cc2ccc(OC)cc2)cc1. The van der Waals surface area contributed by atoms with E-state index in [-0.39, 0.29) is 42.5 Å². The first-order chi connectivity index (χ1) is 26.9. The van der Waals surface area contributed by atoms with Gasteiger partial charge in [-0.1, -0.05) is 42.5 Å². The third kappa shape index (κ3) is 7.56. The summed E-state index contributed by atoms with van der Waals surface area (Å²) in [6.45, 7) is -0.670. The van der Waals surface area contributed by atoms with Crippen LogP contribution < -0.4 is 19.9 Å². The number of aromatic amines is 1. The molecule has 0 radical (unpaired) electrons. The fourth-order valence-corrected chi connectivity index (χ4v) is 8.11. The Morgan fingerprint density at radius 3 is 1.86 bits per heavy atom. The molecule has 0 spiro atoms. The predicted octanol–water partition coefficient (Wildman–Crippen LogP) is 6.34. The van der Waals surface area contributed by atoms with E-state index < -0.39 is 32.2 Å². The first-order valence-electron chi connectivity index (χ1n) is 16.9. The lowest BCUT2D eigenvalue weighted by molar-refractivity contribution is -0.139. The molecule has 288 valence electrons.